The highest BCUT2D eigenvalue weighted by molar-refractivity contribution is 9.10. The largest absolute Gasteiger partial charge is 0.496 e. The first kappa shape index (κ1) is 13.5. The molecule has 0 unspecified atom stereocenters. The van der Waals surface area contributed by atoms with Crippen molar-refractivity contribution in [1.82, 2.24) is 0 Å². The summed E-state index contributed by atoms with van der Waals surface area (Å²) in [5.41, 5.74) is 7.37. The van der Waals surface area contributed by atoms with Crippen LogP contribution in [0.2, 0.25) is 0 Å². The Hall–Kier alpha value is -0.540. The summed E-state index contributed by atoms with van der Waals surface area (Å²) < 4.78 is 6.43. The first-order chi connectivity index (χ1) is 7.54. The fraction of sp³-hybridized carbons (Fsp3) is 0.538. The van der Waals surface area contributed by atoms with Crippen molar-refractivity contribution in [1.29, 1.82) is 0 Å². The van der Waals surface area contributed by atoms with Crippen LogP contribution in [-0.2, 0) is 6.42 Å². The molecule has 2 N–H and O–H groups in total. The Morgan fingerprint density at radius 3 is 2.44 bits per heavy atom. The van der Waals surface area contributed by atoms with Gasteiger partial charge in [-0.25, -0.2) is 0 Å². The number of rotatable bonds is 5. The number of nitrogens with two attached hydrogens (primary N) is 1. The molecule has 0 fully saturated rings. The Morgan fingerprint density at radius 2 is 1.94 bits per heavy atom. The lowest BCUT2D eigenvalue weighted by atomic mass is 9.86. The lowest BCUT2D eigenvalue weighted by Crippen LogP contribution is -2.40. The summed E-state index contributed by atoms with van der Waals surface area (Å²) in [6, 6.07) is 6.05. The van der Waals surface area contributed by atoms with E-state index in [0.29, 0.717) is 0 Å². The molecular weight excluding hydrogens is 266 g/mol. The van der Waals surface area contributed by atoms with E-state index in [1.165, 1.54) is 5.56 Å². The van der Waals surface area contributed by atoms with Crippen LogP contribution >= 0.6 is 15.9 Å². The highest BCUT2D eigenvalue weighted by Crippen LogP contribution is 2.28. The predicted molar refractivity (Wildman–Crippen MR) is 71.9 cm³/mol. The van der Waals surface area contributed by atoms with E-state index in [0.717, 1.165) is 29.5 Å². The lowest BCUT2D eigenvalue weighted by molar-refractivity contribution is 0.372. The molecule has 0 saturated heterocycles. The first-order valence-corrected chi connectivity index (χ1v) is 6.45. The van der Waals surface area contributed by atoms with Crippen LogP contribution in [0.5, 0.6) is 5.75 Å². The Balaban J connectivity index is 2.98. The molecule has 90 valence electrons. The second-order valence-corrected chi connectivity index (χ2v) is 5.12. The molecule has 0 spiro atoms. The van der Waals surface area contributed by atoms with Gasteiger partial charge in [-0.05, 0) is 43.0 Å². The third-order valence-corrected chi connectivity index (χ3v) is 3.69. The molecule has 0 saturated carbocycles. The van der Waals surface area contributed by atoms with Crippen LogP contribution in [0.1, 0.15) is 32.3 Å². The van der Waals surface area contributed by atoms with Gasteiger partial charge in [0.05, 0.1) is 7.11 Å². The number of benzene rings is 1. The van der Waals surface area contributed by atoms with Crippen LogP contribution in [0.25, 0.3) is 0 Å². The van der Waals surface area contributed by atoms with Crippen molar-refractivity contribution in [3.05, 3.63) is 28.2 Å². The van der Waals surface area contributed by atoms with Gasteiger partial charge in [0.25, 0.3) is 0 Å². The van der Waals surface area contributed by atoms with Crippen LogP contribution < -0.4 is 10.5 Å². The summed E-state index contributed by atoms with van der Waals surface area (Å²) in [4.78, 5) is 0. The molecule has 0 aromatic heterocycles. The maximum atomic E-state index is 6.33. The number of ether oxygens (including phenoxy) is 1. The van der Waals surface area contributed by atoms with Gasteiger partial charge in [0.15, 0.2) is 0 Å². The number of methoxy groups -OCH3 is 1. The molecule has 3 heteroatoms. The summed E-state index contributed by atoms with van der Waals surface area (Å²) in [5.74, 6) is 0.917. The van der Waals surface area contributed by atoms with Crippen molar-refractivity contribution >= 4 is 15.9 Å². The number of hydrogen-bond acceptors (Lipinski definition) is 2. The van der Waals surface area contributed by atoms with Crippen LogP contribution in [0.4, 0.5) is 0 Å². The minimum absolute atomic E-state index is 0.131. The SMILES string of the molecule is CCC(N)(CC)Cc1cc(Br)ccc1OC. The van der Waals surface area contributed by atoms with Crippen molar-refractivity contribution in [3.63, 3.8) is 0 Å². The summed E-state index contributed by atoms with van der Waals surface area (Å²) in [6.07, 6.45) is 2.79. The maximum absolute atomic E-state index is 6.33. The zero-order valence-electron chi connectivity index (χ0n) is 10.2. The summed E-state index contributed by atoms with van der Waals surface area (Å²) in [6.45, 7) is 4.27. The summed E-state index contributed by atoms with van der Waals surface area (Å²) in [7, 11) is 1.70. The quantitative estimate of drug-likeness (QED) is 0.899. The van der Waals surface area contributed by atoms with Crippen molar-refractivity contribution in [2.75, 3.05) is 7.11 Å². The average molecular weight is 286 g/mol. The van der Waals surface area contributed by atoms with E-state index in [9.17, 15) is 0 Å². The van der Waals surface area contributed by atoms with Gasteiger partial charge in [0.2, 0.25) is 0 Å². The smallest absolute Gasteiger partial charge is 0.122 e. The normalized spacial score (nSPS) is 11.6. The molecule has 0 aliphatic heterocycles. The van der Waals surface area contributed by atoms with Gasteiger partial charge in [-0.1, -0.05) is 29.8 Å². The van der Waals surface area contributed by atoms with Gasteiger partial charge in [0.1, 0.15) is 5.75 Å². The minimum Gasteiger partial charge on any atom is -0.496 e. The minimum atomic E-state index is -0.131. The highest BCUT2D eigenvalue weighted by atomic mass is 79.9. The van der Waals surface area contributed by atoms with Gasteiger partial charge in [-0.15, -0.1) is 0 Å². The van der Waals surface area contributed by atoms with Crippen LogP contribution in [0, 0.1) is 0 Å². The number of hydrogen-bond donors (Lipinski definition) is 1. The predicted octanol–water partition coefficient (Wildman–Crippen LogP) is 3.52. The van der Waals surface area contributed by atoms with Gasteiger partial charge in [-0.3, -0.25) is 0 Å². The average Bonchev–Trinajstić information content (AvgIpc) is 2.29. The Morgan fingerprint density at radius 1 is 1.31 bits per heavy atom. The third-order valence-electron chi connectivity index (χ3n) is 3.19. The van der Waals surface area contributed by atoms with Crippen LogP contribution in [0.15, 0.2) is 22.7 Å². The van der Waals surface area contributed by atoms with Crippen molar-refractivity contribution < 1.29 is 4.74 Å². The molecule has 16 heavy (non-hydrogen) atoms. The van der Waals surface area contributed by atoms with Gasteiger partial charge in [-0.2, -0.15) is 0 Å². The van der Waals surface area contributed by atoms with E-state index < -0.39 is 0 Å². The Kier molecular flexibility index (Phi) is 4.81. The third kappa shape index (κ3) is 3.22. The molecular formula is C13H20BrNO. The van der Waals surface area contributed by atoms with Crippen molar-refractivity contribution in [3.8, 4) is 5.75 Å². The van der Waals surface area contributed by atoms with E-state index >= 15 is 0 Å². The van der Waals surface area contributed by atoms with Crippen LogP contribution in [-0.4, -0.2) is 12.6 Å². The maximum Gasteiger partial charge on any atom is 0.122 e. The molecule has 0 atom stereocenters. The van der Waals surface area contributed by atoms with Crippen LogP contribution in [0.3, 0.4) is 0 Å². The van der Waals surface area contributed by atoms with E-state index in [2.05, 4.69) is 35.8 Å². The molecule has 0 heterocycles. The van der Waals surface area contributed by atoms with Gasteiger partial charge in [0, 0.05) is 10.0 Å². The fourth-order valence-electron chi connectivity index (χ4n) is 1.76. The molecule has 0 bridgehead atoms. The first-order valence-electron chi connectivity index (χ1n) is 5.66. The second-order valence-electron chi connectivity index (χ2n) is 4.20. The molecule has 0 amide bonds. The molecule has 1 rings (SSSR count). The molecule has 1 aromatic carbocycles. The summed E-state index contributed by atoms with van der Waals surface area (Å²) >= 11 is 3.48. The van der Waals surface area contributed by atoms with E-state index in [-0.39, 0.29) is 5.54 Å². The zero-order chi connectivity index (χ0) is 12.2. The number of halogens is 1. The molecule has 2 nitrogen and oxygen atoms in total. The second kappa shape index (κ2) is 5.69. The van der Waals surface area contributed by atoms with Crippen molar-refractivity contribution in [2.24, 2.45) is 5.73 Å². The Labute approximate surface area is 106 Å². The molecule has 0 aliphatic carbocycles. The van der Waals surface area contributed by atoms with Crippen molar-refractivity contribution in [2.45, 2.75) is 38.6 Å². The standard InChI is InChI=1S/C13H20BrNO/c1-4-13(15,5-2)9-10-8-11(14)6-7-12(10)16-3/h6-8H,4-5,9,15H2,1-3H3. The van der Waals surface area contributed by atoms with E-state index in [1.807, 2.05) is 12.1 Å². The van der Waals surface area contributed by atoms with E-state index in [1.54, 1.807) is 7.11 Å². The Bertz CT molecular complexity index is 348. The lowest BCUT2D eigenvalue weighted by Gasteiger charge is -2.27. The topological polar surface area (TPSA) is 35.2 Å². The monoisotopic (exact) mass is 285 g/mol. The molecule has 0 radical (unpaired) electrons. The molecule has 0 aliphatic rings. The molecule has 1 aromatic rings. The van der Waals surface area contributed by atoms with Gasteiger partial charge >= 0.3 is 0 Å². The fourth-order valence-corrected chi connectivity index (χ4v) is 2.17. The summed E-state index contributed by atoms with van der Waals surface area (Å²) in [5, 5.41) is 0. The van der Waals surface area contributed by atoms with E-state index in [4.69, 9.17) is 10.5 Å². The van der Waals surface area contributed by atoms with Gasteiger partial charge < -0.3 is 10.5 Å². The zero-order valence-corrected chi connectivity index (χ0v) is 11.8. The highest BCUT2D eigenvalue weighted by Gasteiger charge is 2.22.